The normalized spacial score (nSPS) is 26.8. The van der Waals surface area contributed by atoms with Gasteiger partial charge in [-0.2, -0.15) is 0 Å². The van der Waals surface area contributed by atoms with Gasteiger partial charge in [-0.1, -0.05) is 59.8 Å². The van der Waals surface area contributed by atoms with Crippen molar-refractivity contribution in [3.05, 3.63) is 23.8 Å². The van der Waals surface area contributed by atoms with E-state index < -0.39 is 176 Å². The Morgan fingerprint density at radius 1 is 0.845 bits per heavy atom. The van der Waals surface area contributed by atoms with Gasteiger partial charge in [0, 0.05) is 36.8 Å². The number of aliphatic hydroxyl groups is 3. The van der Waals surface area contributed by atoms with Gasteiger partial charge in [0.05, 0.1) is 67.0 Å². The minimum Gasteiger partial charge on any atom is -0.494 e. The lowest BCUT2D eigenvalue weighted by molar-refractivity contribution is -0.144. The number of ether oxygens (including phenoxy) is 1. The molecule has 5 rings (SSSR count). The van der Waals surface area contributed by atoms with E-state index in [4.69, 9.17) is 10.5 Å². The molecular formula is C46H68N10O14S. The number of nitrogens with one attached hydrogen (secondary N) is 8. The molecule has 0 radical (unpaired) electrons. The second-order valence-electron chi connectivity index (χ2n) is 18.4. The zero-order chi connectivity index (χ0) is 52.1. The summed E-state index contributed by atoms with van der Waals surface area (Å²) in [6.07, 6.45) is 0.580. The van der Waals surface area contributed by atoms with Crippen LogP contribution in [0.1, 0.15) is 84.6 Å². The number of aromatic amines is 1. The van der Waals surface area contributed by atoms with E-state index in [0.717, 1.165) is 37.0 Å². The van der Waals surface area contributed by atoms with Gasteiger partial charge >= 0.3 is 0 Å². The topological polar surface area (TPSA) is 370 Å². The van der Waals surface area contributed by atoms with Crippen molar-refractivity contribution in [2.24, 2.45) is 17.6 Å². The quantitative estimate of drug-likeness (QED) is 0.0827. The van der Waals surface area contributed by atoms with E-state index in [2.05, 4.69) is 49.1 Å². The number of H-pyrrole nitrogens is 1. The van der Waals surface area contributed by atoms with Gasteiger partial charge in [-0.15, -0.1) is 0 Å². The lowest BCUT2D eigenvalue weighted by Gasteiger charge is -2.32. The van der Waals surface area contributed by atoms with Crippen molar-refractivity contribution in [3.8, 4) is 5.75 Å². The van der Waals surface area contributed by atoms with Gasteiger partial charge in [0.1, 0.15) is 47.0 Å². The maximum Gasteiger partial charge on any atom is 0.246 e. The number of hydrogen-bond acceptors (Lipinski definition) is 14. The third-order valence-corrected chi connectivity index (χ3v) is 14.5. The molecule has 1 aromatic carbocycles. The van der Waals surface area contributed by atoms with Gasteiger partial charge in [0.15, 0.2) is 0 Å². The van der Waals surface area contributed by atoms with Crippen LogP contribution in [0.5, 0.6) is 5.75 Å². The van der Waals surface area contributed by atoms with Crippen LogP contribution in [-0.2, 0) is 60.4 Å². The molecule has 24 nitrogen and oxygen atoms in total. The smallest absolute Gasteiger partial charge is 0.246 e. The van der Waals surface area contributed by atoms with Crippen molar-refractivity contribution >= 4 is 74.9 Å². The van der Waals surface area contributed by atoms with Crippen LogP contribution in [-0.4, -0.2) is 170 Å². The van der Waals surface area contributed by atoms with Crippen LogP contribution in [0.3, 0.4) is 0 Å². The highest BCUT2D eigenvalue weighted by Gasteiger charge is 2.45. The number of carbonyl (C=O) groups is 9. The number of aliphatic hydroxyl groups excluding tert-OH is 3. The van der Waals surface area contributed by atoms with Gasteiger partial charge < -0.3 is 72.9 Å². The predicted octanol–water partition coefficient (Wildman–Crippen LogP) is -3.28. The second-order valence-corrected chi connectivity index (χ2v) is 19.8. The molecule has 1 fully saturated rings. The van der Waals surface area contributed by atoms with Gasteiger partial charge in [-0.05, 0) is 30.0 Å². The van der Waals surface area contributed by atoms with Crippen molar-refractivity contribution in [1.82, 2.24) is 47.1 Å². The number of rotatable bonds is 14. The molecule has 0 aliphatic carbocycles. The molecule has 25 heteroatoms. The van der Waals surface area contributed by atoms with Gasteiger partial charge in [0.2, 0.25) is 53.2 Å². The monoisotopic (exact) mass is 1020 g/mol. The van der Waals surface area contributed by atoms with Crippen LogP contribution in [0, 0.1) is 11.8 Å². The highest BCUT2D eigenvalue weighted by molar-refractivity contribution is 7.85. The van der Waals surface area contributed by atoms with E-state index >= 15 is 0 Å². The Morgan fingerprint density at radius 3 is 2.21 bits per heavy atom. The Hall–Kier alpha value is -6.18. The molecule has 392 valence electrons. The summed E-state index contributed by atoms with van der Waals surface area (Å²) in [5.74, 6) is -11.1. The van der Waals surface area contributed by atoms with Crippen molar-refractivity contribution in [2.75, 3.05) is 38.6 Å². The largest absolute Gasteiger partial charge is 0.494 e. The predicted molar refractivity (Wildman–Crippen MR) is 255 cm³/mol. The Labute approximate surface area is 412 Å². The minimum absolute atomic E-state index is 0.0898. The molecule has 4 heterocycles. The third-order valence-electron chi connectivity index (χ3n) is 13.0. The Balaban J connectivity index is 1.72. The van der Waals surface area contributed by atoms with E-state index in [9.17, 15) is 62.7 Å². The van der Waals surface area contributed by atoms with E-state index in [0.29, 0.717) is 29.7 Å². The van der Waals surface area contributed by atoms with Crippen LogP contribution in [0.15, 0.2) is 23.2 Å². The molecule has 0 saturated carbocycles. The number of unbranched alkanes of at least 4 members (excludes halogenated alkanes) is 4. The molecule has 1 saturated heterocycles. The van der Waals surface area contributed by atoms with Crippen molar-refractivity contribution in [2.45, 2.75) is 139 Å². The first-order chi connectivity index (χ1) is 33.8. The molecule has 1 unspecified atom stereocenters. The van der Waals surface area contributed by atoms with Crippen LogP contribution >= 0.6 is 0 Å². The highest BCUT2D eigenvalue weighted by atomic mass is 32.2. The standard InChI is InChI=1S/C46H68N10O14S/c1-5-7-8-9-10-13-70-26-11-12-27-28-16-30-40(63)48-19-37(62)54-38(23(3)6-2)43(66)49-18-36(61)50-32(22-71(69)45(28)53-29(27)15-26)41(64)52-31(17-35(47)60)46(68)56-20-25(58)14-33(56)42(65)55-39(44(67)51-30)24(4)34(59)21-57/h11-12,15,23-25,30-34,38-39,53,57-59H,5-10,13-14,16-22H2,1-4H3,(H2,47,60)(H,48,63)(H,49,66)(H,50,61)(H,51,67)(H,52,64)(H,54,62)(H,55,65)/t23-,24-,25+,30-,31-,32-,33-,34-,38-,39-,71?/m0/s1. The number of nitrogens with zero attached hydrogens (tertiary/aromatic N) is 1. The number of amides is 9. The van der Waals surface area contributed by atoms with E-state index in [-0.39, 0.29) is 10.6 Å². The SMILES string of the molecule is CCCCCCCOc1ccc2c3c([nH]c2c1)S(=O)C[C@@H]1NC(=O)CNC(=O)[C@H]([C@@H](C)CC)NC(=O)CNC(=O)[C@H](C3)NC(=O)[C@H]([C@@H](C)[C@@H](O)CO)NC(=O)[C@@H]2C[C@@H](O)CN2C(=O)[C@H](CC(N)=O)NC1=O. The molecular weight excluding hydrogens is 949 g/mol. The zero-order valence-corrected chi connectivity index (χ0v) is 41.2. The molecule has 13 N–H and O–H groups in total. The minimum atomic E-state index is -2.35. The Kier molecular flexibility index (Phi) is 20.2. The summed E-state index contributed by atoms with van der Waals surface area (Å²) in [5.41, 5.74) is 6.04. The highest BCUT2D eigenvalue weighted by Crippen LogP contribution is 2.31. The van der Waals surface area contributed by atoms with Crippen molar-refractivity contribution in [1.29, 1.82) is 0 Å². The number of benzene rings is 1. The van der Waals surface area contributed by atoms with E-state index in [1.165, 1.54) is 6.92 Å². The fourth-order valence-corrected chi connectivity index (χ4v) is 10.1. The summed E-state index contributed by atoms with van der Waals surface area (Å²) < 4.78 is 20.9. The van der Waals surface area contributed by atoms with Gasteiger partial charge in [0.25, 0.3) is 0 Å². The van der Waals surface area contributed by atoms with E-state index in [1.54, 1.807) is 32.0 Å². The molecule has 2 bridgehead atoms. The zero-order valence-electron chi connectivity index (χ0n) is 40.4. The van der Waals surface area contributed by atoms with Crippen LogP contribution in [0.25, 0.3) is 10.9 Å². The molecule has 1 aromatic heterocycles. The summed E-state index contributed by atoms with van der Waals surface area (Å²) in [5, 5.41) is 49.3. The molecule has 2 aromatic rings. The first-order valence-electron chi connectivity index (χ1n) is 24.0. The number of fused-ring (bicyclic) bond motifs is 5. The average molecular weight is 1020 g/mol. The Morgan fingerprint density at radius 2 is 1.54 bits per heavy atom. The molecule has 9 amide bonds. The third kappa shape index (κ3) is 14.7. The van der Waals surface area contributed by atoms with Crippen LogP contribution in [0.2, 0.25) is 0 Å². The first kappa shape index (κ1) is 55.7. The lowest BCUT2D eigenvalue weighted by atomic mass is 9.93. The number of hydrogen-bond donors (Lipinski definition) is 12. The summed E-state index contributed by atoms with van der Waals surface area (Å²) in [6.45, 7) is 4.37. The maximum atomic E-state index is 14.9. The van der Waals surface area contributed by atoms with E-state index in [1.807, 2.05) is 0 Å². The summed E-state index contributed by atoms with van der Waals surface area (Å²) in [6, 6.07) is -4.95. The summed E-state index contributed by atoms with van der Waals surface area (Å²) in [4.78, 5) is 129. The number of primary amides is 1. The molecule has 0 spiro atoms. The Bertz CT molecular complexity index is 2330. The first-order valence-corrected chi connectivity index (χ1v) is 25.3. The summed E-state index contributed by atoms with van der Waals surface area (Å²) >= 11 is 0. The van der Waals surface area contributed by atoms with Crippen LogP contribution < -0.4 is 47.7 Å². The summed E-state index contributed by atoms with van der Waals surface area (Å²) in [7, 11) is -2.35. The second kappa shape index (κ2) is 25.8. The molecule has 71 heavy (non-hydrogen) atoms. The fraction of sp³-hybridized carbons (Fsp3) is 0.630. The molecule has 3 aliphatic heterocycles. The van der Waals surface area contributed by atoms with Gasteiger partial charge in [-0.3, -0.25) is 47.4 Å². The van der Waals surface area contributed by atoms with Gasteiger partial charge in [-0.25, -0.2) is 0 Å². The average Bonchev–Trinajstić information content (AvgIpc) is 3.91. The number of aromatic nitrogens is 1. The fourth-order valence-electron chi connectivity index (χ4n) is 8.68. The lowest BCUT2D eigenvalue weighted by Crippen LogP contribution is -2.62. The molecule has 11 atom stereocenters. The number of nitrogens with two attached hydrogens (primary N) is 1. The maximum absolute atomic E-state index is 14.9. The van der Waals surface area contributed by atoms with Crippen molar-refractivity contribution in [3.63, 3.8) is 0 Å². The number of carbonyl (C=O) groups excluding carboxylic acids is 9. The van der Waals surface area contributed by atoms with Crippen LogP contribution in [0.4, 0.5) is 0 Å². The molecule has 3 aliphatic rings. The van der Waals surface area contributed by atoms with Crippen molar-refractivity contribution < 1.29 is 67.4 Å².